The summed E-state index contributed by atoms with van der Waals surface area (Å²) in [6.45, 7) is 3.85. The molecule has 150 valence electrons. The molecule has 0 aliphatic rings. The first-order chi connectivity index (χ1) is 14.5. The molecule has 3 rings (SSSR count). The minimum Gasteiger partial charge on any atom is -0.383 e. The number of rotatable bonds is 6. The van der Waals surface area contributed by atoms with Crippen molar-refractivity contribution in [3.63, 3.8) is 0 Å². The summed E-state index contributed by atoms with van der Waals surface area (Å²) < 4.78 is 0. The van der Waals surface area contributed by atoms with E-state index in [0.717, 1.165) is 10.4 Å². The first kappa shape index (κ1) is 21.4. The lowest BCUT2D eigenvalue weighted by Crippen LogP contribution is -2.25. The first-order valence-electron chi connectivity index (χ1n) is 9.20. The van der Waals surface area contributed by atoms with Crippen molar-refractivity contribution in [2.45, 2.75) is 30.5 Å². The van der Waals surface area contributed by atoms with E-state index in [-0.39, 0.29) is 22.9 Å². The smallest absolute Gasteiger partial charge is 0.237 e. The highest BCUT2D eigenvalue weighted by Gasteiger charge is 2.25. The number of hydrogen-bond acceptors (Lipinski definition) is 7. The summed E-state index contributed by atoms with van der Waals surface area (Å²) in [6.07, 6.45) is 0.531. The second kappa shape index (κ2) is 9.45. The number of thiophene rings is 1. The van der Waals surface area contributed by atoms with Crippen LogP contribution in [-0.4, -0.2) is 16.1 Å². The normalized spacial score (nSPS) is 11.3. The van der Waals surface area contributed by atoms with Gasteiger partial charge in [-0.25, -0.2) is 4.98 Å². The third-order valence-electron chi connectivity index (χ3n) is 4.39. The van der Waals surface area contributed by atoms with Crippen molar-refractivity contribution >= 4 is 40.5 Å². The Morgan fingerprint density at radius 2 is 2.03 bits per heavy atom. The molecule has 3 aromatic rings. The second-order valence-electron chi connectivity index (χ2n) is 6.50. The highest BCUT2D eigenvalue weighted by Crippen LogP contribution is 2.39. The number of carbonyl (C=O) groups is 1. The van der Waals surface area contributed by atoms with E-state index in [4.69, 9.17) is 5.73 Å². The quantitative estimate of drug-likeness (QED) is 0.531. The van der Waals surface area contributed by atoms with E-state index >= 15 is 0 Å². The summed E-state index contributed by atoms with van der Waals surface area (Å²) in [7, 11) is 0. The zero-order valence-corrected chi connectivity index (χ0v) is 18.1. The number of hydrogen-bond donors (Lipinski definition) is 2. The minimum absolute atomic E-state index is 0.0522. The molecule has 0 spiro atoms. The van der Waals surface area contributed by atoms with Gasteiger partial charge in [0.05, 0.1) is 10.8 Å². The third kappa shape index (κ3) is 4.46. The summed E-state index contributed by atoms with van der Waals surface area (Å²) in [5.41, 5.74) is 8.71. The molecular weight excluding hydrogens is 414 g/mol. The van der Waals surface area contributed by atoms with E-state index in [1.807, 2.05) is 55.6 Å². The Balaban J connectivity index is 1.98. The van der Waals surface area contributed by atoms with Crippen molar-refractivity contribution in [3.8, 4) is 22.6 Å². The van der Waals surface area contributed by atoms with Crippen molar-refractivity contribution < 1.29 is 4.79 Å². The van der Waals surface area contributed by atoms with Crippen molar-refractivity contribution in [2.75, 3.05) is 11.1 Å². The Labute approximate surface area is 183 Å². The molecule has 1 atom stereocenters. The van der Waals surface area contributed by atoms with E-state index < -0.39 is 5.25 Å². The number of nitrogen functional groups attached to an aromatic ring is 1. The molecule has 0 saturated heterocycles. The Hall–Kier alpha value is -3.33. The molecule has 0 saturated carbocycles. The van der Waals surface area contributed by atoms with Crippen LogP contribution in [0.3, 0.4) is 0 Å². The van der Waals surface area contributed by atoms with Crippen LogP contribution in [0.25, 0.3) is 10.4 Å². The number of amides is 1. The number of carbonyl (C=O) groups excluding carboxylic acids is 1. The van der Waals surface area contributed by atoms with E-state index in [1.165, 1.54) is 23.1 Å². The Kier molecular flexibility index (Phi) is 6.73. The SMILES string of the molecule is CCC(Sc1nc(N)c(C#N)c(-c2cccs2)c1C#N)C(=O)Nc1cccc(C)c1. The van der Waals surface area contributed by atoms with Crippen LogP contribution in [0.2, 0.25) is 0 Å². The molecule has 0 aliphatic carbocycles. The van der Waals surface area contributed by atoms with Gasteiger partial charge in [-0.3, -0.25) is 4.79 Å². The third-order valence-corrected chi connectivity index (χ3v) is 6.62. The topological polar surface area (TPSA) is 116 Å². The lowest BCUT2D eigenvalue weighted by atomic mass is 10.0. The molecule has 6 nitrogen and oxygen atoms in total. The number of nitrogens with two attached hydrogens (primary N) is 1. The van der Waals surface area contributed by atoms with Crippen LogP contribution in [0.4, 0.5) is 11.5 Å². The van der Waals surface area contributed by atoms with Crippen LogP contribution in [0, 0.1) is 29.6 Å². The van der Waals surface area contributed by atoms with Crippen LogP contribution >= 0.6 is 23.1 Å². The lowest BCUT2D eigenvalue weighted by Gasteiger charge is -2.17. The number of anilines is 2. The van der Waals surface area contributed by atoms with Crippen molar-refractivity contribution in [1.29, 1.82) is 10.5 Å². The van der Waals surface area contributed by atoms with E-state index in [1.54, 1.807) is 0 Å². The molecule has 0 radical (unpaired) electrons. The van der Waals surface area contributed by atoms with Crippen molar-refractivity contribution in [2.24, 2.45) is 0 Å². The molecule has 1 amide bonds. The second-order valence-corrected chi connectivity index (χ2v) is 8.64. The summed E-state index contributed by atoms with van der Waals surface area (Å²) in [5.74, 6) is -0.129. The fraction of sp³-hybridized carbons (Fsp3) is 0.182. The predicted molar refractivity (Wildman–Crippen MR) is 121 cm³/mol. The number of nitriles is 2. The van der Waals surface area contributed by atoms with Gasteiger partial charge in [-0.2, -0.15) is 10.5 Å². The Morgan fingerprint density at radius 3 is 2.63 bits per heavy atom. The Morgan fingerprint density at radius 1 is 1.27 bits per heavy atom. The van der Waals surface area contributed by atoms with Gasteiger partial charge in [0, 0.05) is 16.1 Å². The van der Waals surface area contributed by atoms with Gasteiger partial charge in [0.1, 0.15) is 28.5 Å². The number of aromatic nitrogens is 1. The largest absolute Gasteiger partial charge is 0.383 e. The van der Waals surface area contributed by atoms with Crippen LogP contribution in [0.1, 0.15) is 30.0 Å². The maximum absolute atomic E-state index is 12.9. The zero-order chi connectivity index (χ0) is 21.7. The molecule has 0 aliphatic heterocycles. The standard InChI is InChI=1S/C22H19N5OS2/c1-3-17(21(28)26-14-7-4-6-13(2)10-14)30-22-16(12-24)19(18-8-5-9-29-18)15(11-23)20(25)27-22/h4-10,17H,3H2,1-2H3,(H2,25,27)(H,26,28). The average Bonchev–Trinajstić information content (AvgIpc) is 3.25. The highest BCUT2D eigenvalue weighted by atomic mass is 32.2. The van der Waals surface area contributed by atoms with Gasteiger partial charge in [0.2, 0.25) is 5.91 Å². The van der Waals surface area contributed by atoms with Gasteiger partial charge in [-0.1, -0.05) is 36.9 Å². The number of thioether (sulfide) groups is 1. The van der Waals surface area contributed by atoms with Gasteiger partial charge < -0.3 is 11.1 Å². The fourth-order valence-corrected chi connectivity index (χ4v) is 4.75. The molecule has 8 heteroatoms. The van der Waals surface area contributed by atoms with Crippen LogP contribution in [-0.2, 0) is 4.79 Å². The molecule has 30 heavy (non-hydrogen) atoms. The average molecular weight is 434 g/mol. The van der Waals surface area contributed by atoms with Gasteiger partial charge in [0.25, 0.3) is 0 Å². The van der Waals surface area contributed by atoms with E-state index in [0.29, 0.717) is 22.7 Å². The van der Waals surface area contributed by atoms with Crippen LogP contribution in [0.5, 0.6) is 0 Å². The van der Waals surface area contributed by atoms with E-state index in [9.17, 15) is 15.3 Å². The molecule has 1 aromatic carbocycles. The highest BCUT2D eigenvalue weighted by molar-refractivity contribution is 8.00. The summed E-state index contributed by atoms with van der Waals surface area (Å²) in [5, 5.41) is 24.1. The van der Waals surface area contributed by atoms with Crippen molar-refractivity contribution in [1.82, 2.24) is 4.98 Å². The Bertz CT molecular complexity index is 1160. The van der Waals surface area contributed by atoms with E-state index in [2.05, 4.69) is 22.4 Å². The van der Waals surface area contributed by atoms with Gasteiger partial charge >= 0.3 is 0 Å². The summed E-state index contributed by atoms with van der Waals surface area (Å²) in [6, 6.07) is 15.5. The monoisotopic (exact) mass is 433 g/mol. The maximum atomic E-state index is 12.9. The van der Waals surface area contributed by atoms with Gasteiger partial charge in [-0.15, -0.1) is 11.3 Å². The fourth-order valence-electron chi connectivity index (χ4n) is 2.95. The predicted octanol–water partition coefficient (Wildman–Crippen LogP) is 4.95. The number of pyridine rings is 1. The molecule has 2 heterocycles. The molecule has 0 bridgehead atoms. The number of nitrogens with one attached hydrogen (secondary N) is 1. The number of nitrogens with zero attached hydrogens (tertiary/aromatic N) is 3. The summed E-state index contributed by atoms with van der Waals surface area (Å²) in [4.78, 5) is 17.9. The molecule has 2 aromatic heterocycles. The van der Waals surface area contributed by atoms with Gasteiger partial charge in [-0.05, 0) is 42.5 Å². The molecular formula is C22H19N5OS2. The van der Waals surface area contributed by atoms with Crippen molar-refractivity contribution in [3.05, 3.63) is 58.5 Å². The first-order valence-corrected chi connectivity index (χ1v) is 11.0. The van der Waals surface area contributed by atoms with Crippen LogP contribution in [0.15, 0.2) is 46.8 Å². The molecule has 1 unspecified atom stereocenters. The maximum Gasteiger partial charge on any atom is 0.237 e. The van der Waals surface area contributed by atoms with Gasteiger partial charge in [0.15, 0.2) is 0 Å². The lowest BCUT2D eigenvalue weighted by molar-refractivity contribution is -0.115. The molecule has 0 fully saturated rings. The van der Waals surface area contributed by atoms with Crippen LogP contribution < -0.4 is 11.1 Å². The summed E-state index contributed by atoms with van der Waals surface area (Å²) >= 11 is 2.60. The number of aryl methyl sites for hydroxylation is 1. The molecule has 3 N–H and O–H groups in total. The minimum atomic E-state index is -0.478. The number of benzene rings is 1. The zero-order valence-electron chi connectivity index (χ0n) is 16.5.